The lowest BCUT2D eigenvalue weighted by atomic mass is 10.2. The maximum Gasteiger partial charge on any atom is 0.272 e. The number of nitrogens with zero attached hydrogens (tertiary/aromatic N) is 1. The highest BCUT2D eigenvalue weighted by atomic mass is 35.5. The van der Waals surface area contributed by atoms with Gasteiger partial charge in [0, 0.05) is 29.6 Å². The van der Waals surface area contributed by atoms with E-state index in [4.69, 9.17) is 11.6 Å². The number of hydrogen-bond donors (Lipinski definition) is 3. The molecule has 1 heterocycles. The van der Waals surface area contributed by atoms with Crippen LogP contribution < -0.4 is 10.6 Å². The number of carbonyl (C=O) groups excluding carboxylic acids is 2. The van der Waals surface area contributed by atoms with Gasteiger partial charge in [0.25, 0.3) is 5.91 Å². The number of nitrogens with one attached hydrogen (secondary N) is 3. The summed E-state index contributed by atoms with van der Waals surface area (Å²) in [5.41, 5.74) is 1.91. The molecule has 26 heavy (non-hydrogen) atoms. The molecule has 2 amide bonds. The van der Waals surface area contributed by atoms with Crippen molar-refractivity contribution < 1.29 is 9.59 Å². The normalized spacial score (nSPS) is 11.0. The minimum absolute atomic E-state index is 0.260. The number of benzene rings is 2. The Labute approximate surface area is 155 Å². The van der Waals surface area contributed by atoms with E-state index in [9.17, 15) is 9.59 Å². The maximum absolute atomic E-state index is 12.2. The Balaban J connectivity index is 1.46. The number of halogens is 1. The van der Waals surface area contributed by atoms with Gasteiger partial charge in [0.1, 0.15) is 0 Å². The van der Waals surface area contributed by atoms with E-state index < -0.39 is 0 Å². The fraction of sp³-hybridized carbons (Fsp3) is 0.105. The van der Waals surface area contributed by atoms with Crippen molar-refractivity contribution in [3.63, 3.8) is 0 Å². The molecule has 0 fully saturated rings. The van der Waals surface area contributed by atoms with Crippen LogP contribution in [-0.2, 0) is 4.79 Å². The molecule has 0 saturated carbocycles. The minimum Gasteiger partial charge on any atom is -0.351 e. The number of aromatic amines is 1. The third kappa shape index (κ3) is 4.29. The molecule has 0 aliphatic heterocycles. The summed E-state index contributed by atoms with van der Waals surface area (Å²) in [5, 5.41) is 13.6. The third-order valence-corrected chi connectivity index (χ3v) is 4.06. The van der Waals surface area contributed by atoms with Gasteiger partial charge in [-0.25, -0.2) is 0 Å². The highest BCUT2D eigenvalue weighted by Gasteiger charge is 2.12. The van der Waals surface area contributed by atoms with E-state index in [0.717, 1.165) is 16.5 Å². The number of carbonyl (C=O) groups is 2. The molecule has 0 spiro atoms. The summed E-state index contributed by atoms with van der Waals surface area (Å²) >= 11 is 6.02. The molecule has 0 aliphatic rings. The van der Waals surface area contributed by atoms with E-state index in [-0.39, 0.29) is 11.8 Å². The zero-order chi connectivity index (χ0) is 18.4. The van der Waals surface area contributed by atoms with Crippen molar-refractivity contribution in [1.82, 2.24) is 20.8 Å². The Morgan fingerprint density at radius 2 is 1.77 bits per heavy atom. The predicted octanol–water partition coefficient (Wildman–Crippen LogP) is 2.78. The zero-order valence-electron chi connectivity index (χ0n) is 13.8. The van der Waals surface area contributed by atoms with Crippen LogP contribution in [0.2, 0.25) is 5.02 Å². The van der Waals surface area contributed by atoms with Crippen LogP contribution in [-0.4, -0.2) is 35.1 Å². The molecule has 0 unspecified atom stereocenters. The monoisotopic (exact) mass is 368 g/mol. The predicted molar refractivity (Wildman–Crippen MR) is 102 cm³/mol. The van der Waals surface area contributed by atoms with Gasteiger partial charge in [-0.1, -0.05) is 48.0 Å². The number of para-hydroxylation sites is 1. The first-order valence-electron chi connectivity index (χ1n) is 8.07. The summed E-state index contributed by atoms with van der Waals surface area (Å²) in [5.74, 6) is -0.548. The molecule has 132 valence electrons. The average Bonchev–Trinajstić information content (AvgIpc) is 3.08. The molecule has 0 saturated heterocycles. The first-order valence-corrected chi connectivity index (χ1v) is 8.44. The molecule has 2 aromatic carbocycles. The minimum atomic E-state index is -0.289. The van der Waals surface area contributed by atoms with Crippen LogP contribution in [0.4, 0.5) is 0 Å². The van der Waals surface area contributed by atoms with Crippen molar-refractivity contribution in [1.29, 1.82) is 0 Å². The second-order valence-electron chi connectivity index (χ2n) is 5.52. The Morgan fingerprint density at radius 1 is 1.04 bits per heavy atom. The quantitative estimate of drug-likeness (QED) is 0.462. The van der Waals surface area contributed by atoms with Crippen molar-refractivity contribution in [2.45, 2.75) is 0 Å². The molecule has 0 atom stereocenters. The van der Waals surface area contributed by atoms with Gasteiger partial charge in [0.05, 0.1) is 5.52 Å². The average molecular weight is 369 g/mol. The maximum atomic E-state index is 12.2. The molecular formula is C19H17ClN4O2. The van der Waals surface area contributed by atoms with E-state index in [1.54, 1.807) is 12.1 Å². The van der Waals surface area contributed by atoms with Gasteiger partial charge in [0.15, 0.2) is 5.69 Å². The number of aromatic nitrogens is 2. The van der Waals surface area contributed by atoms with E-state index in [1.165, 1.54) is 6.08 Å². The van der Waals surface area contributed by atoms with E-state index in [0.29, 0.717) is 23.8 Å². The highest BCUT2D eigenvalue weighted by molar-refractivity contribution is 6.32. The number of rotatable bonds is 6. The largest absolute Gasteiger partial charge is 0.351 e. The van der Waals surface area contributed by atoms with Crippen molar-refractivity contribution >= 4 is 40.4 Å². The Hall–Kier alpha value is -3.12. The number of H-pyrrole nitrogens is 1. The van der Waals surface area contributed by atoms with Crippen LogP contribution in [0.25, 0.3) is 17.0 Å². The first-order chi connectivity index (χ1) is 12.6. The first kappa shape index (κ1) is 17.7. The summed E-state index contributed by atoms with van der Waals surface area (Å²) < 4.78 is 0. The summed E-state index contributed by atoms with van der Waals surface area (Å²) in [4.78, 5) is 24.0. The molecule has 3 rings (SSSR count). The molecule has 1 aromatic heterocycles. The molecule has 0 radical (unpaired) electrons. The SMILES string of the molecule is O=C(/C=C/c1ccccc1Cl)NCCNC(=O)c1n[nH]c2ccccc12. The fourth-order valence-electron chi connectivity index (χ4n) is 2.42. The van der Waals surface area contributed by atoms with Gasteiger partial charge < -0.3 is 10.6 Å². The molecule has 3 N–H and O–H groups in total. The molecular weight excluding hydrogens is 352 g/mol. The van der Waals surface area contributed by atoms with Gasteiger partial charge in [-0.05, 0) is 23.8 Å². The van der Waals surface area contributed by atoms with E-state index in [2.05, 4.69) is 20.8 Å². The lowest BCUT2D eigenvalue weighted by molar-refractivity contribution is -0.116. The van der Waals surface area contributed by atoms with Crippen LogP contribution >= 0.6 is 11.6 Å². The zero-order valence-corrected chi connectivity index (χ0v) is 14.6. The Morgan fingerprint density at radius 3 is 2.62 bits per heavy atom. The van der Waals surface area contributed by atoms with Crippen LogP contribution in [0.3, 0.4) is 0 Å². The van der Waals surface area contributed by atoms with Crippen molar-refractivity contribution in [3.8, 4) is 0 Å². The van der Waals surface area contributed by atoms with Gasteiger partial charge in [-0.3, -0.25) is 14.7 Å². The number of amides is 2. The van der Waals surface area contributed by atoms with Crippen LogP contribution in [0.15, 0.2) is 54.6 Å². The van der Waals surface area contributed by atoms with Gasteiger partial charge >= 0.3 is 0 Å². The second-order valence-corrected chi connectivity index (χ2v) is 5.93. The molecule has 7 heteroatoms. The van der Waals surface area contributed by atoms with Gasteiger partial charge in [-0.2, -0.15) is 5.10 Å². The second kappa shape index (κ2) is 8.31. The summed E-state index contributed by atoms with van der Waals surface area (Å²) in [6.45, 7) is 0.603. The third-order valence-electron chi connectivity index (χ3n) is 3.71. The number of fused-ring (bicyclic) bond motifs is 1. The standard InChI is InChI=1S/C19H17ClN4O2/c20-15-7-3-1-5-13(15)9-10-17(25)21-11-12-22-19(26)18-14-6-2-4-8-16(14)23-24-18/h1-10H,11-12H2,(H,21,25)(H,22,26)(H,23,24)/b10-9+. The van der Waals surface area contributed by atoms with Gasteiger partial charge in [0.2, 0.25) is 5.91 Å². The highest BCUT2D eigenvalue weighted by Crippen LogP contribution is 2.16. The van der Waals surface area contributed by atoms with E-state index in [1.807, 2.05) is 42.5 Å². The number of hydrogen-bond acceptors (Lipinski definition) is 3. The summed E-state index contributed by atoms with van der Waals surface area (Å²) in [7, 11) is 0. The lowest BCUT2D eigenvalue weighted by Crippen LogP contribution is -2.34. The molecule has 0 bridgehead atoms. The van der Waals surface area contributed by atoms with Crippen LogP contribution in [0.1, 0.15) is 16.1 Å². The smallest absolute Gasteiger partial charge is 0.272 e. The topological polar surface area (TPSA) is 86.9 Å². The Kier molecular flexibility index (Phi) is 5.66. The van der Waals surface area contributed by atoms with Crippen molar-refractivity contribution in [2.24, 2.45) is 0 Å². The summed E-state index contributed by atoms with van der Waals surface area (Å²) in [6, 6.07) is 14.6. The van der Waals surface area contributed by atoms with Crippen molar-refractivity contribution in [3.05, 3.63) is 70.9 Å². The van der Waals surface area contributed by atoms with Crippen LogP contribution in [0, 0.1) is 0 Å². The molecule has 3 aromatic rings. The van der Waals surface area contributed by atoms with Crippen molar-refractivity contribution in [2.75, 3.05) is 13.1 Å². The molecule has 6 nitrogen and oxygen atoms in total. The molecule has 0 aliphatic carbocycles. The lowest BCUT2D eigenvalue weighted by Gasteiger charge is -2.04. The van der Waals surface area contributed by atoms with E-state index >= 15 is 0 Å². The van der Waals surface area contributed by atoms with Gasteiger partial charge in [-0.15, -0.1) is 0 Å². The Bertz CT molecular complexity index is 965. The summed E-state index contributed by atoms with van der Waals surface area (Å²) in [6.07, 6.45) is 3.05. The fourth-order valence-corrected chi connectivity index (χ4v) is 2.62. The van der Waals surface area contributed by atoms with Crippen LogP contribution in [0.5, 0.6) is 0 Å².